The van der Waals surface area contributed by atoms with Crippen LogP contribution in [-0.2, 0) is 9.53 Å². The molecule has 144 valence electrons. The maximum atomic E-state index is 13.4. The lowest BCUT2D eigenvalue weighted by Crippen LogP contribution is -2.32. The molecule has 0 amide bonds. The molecule has 3 aromatic rings. The summed E-state index contributed by atoms with van der Waals surface area (Å²) in [4.78, 5) is 26.3. The number of nitrogens with one attached hydrogen (secondary N) is 1. The average Bonchev–Trinajstić information content (AvgIpc) is 2.79. The Morgan fingerprint density at radius 2 is 1.52 bits per heavy atom. The largest absolute Gasteiger partial charge is 0.469 e. The van der Waals surface area contributed by atoms with Crippen molar-refractivity contribution in [1.29, 1.82) is 0 Å². The van der Waals surface area contributed by atoms with Gasteiger partial charge in [-0.05, 0) is 23.3 Å². The smallest absolute Gasteiger partial charge is 0.314 e. The van der Waals surface area contributed by atoms with E-state index in [0.717, 1.165) is 11.3 Å². The minimum Gasteiger partial charge on any atom is -0.469 e. The molecule has 0 bridgehead atoms. The fourth-order valence-electron chi connectivity index (χ4n) is 3.90. The third kappa shape index (κ3) is 3.57. The third-order valence-electron chi connectivity index (χ3n) is 5.25. The predicted octanol–water partition coefficient (Wildman–Crippen LogP) is 4.92. The van der Waals surface area contributed by atoms with Gasteiger partial charge in [0.15, 0.2) is 5.78 Å². The molecule has 0 fully saturated rings. The number of anilines is 1. The number of rotatable bonds is 4. The Labute approximate surface area is 169 Å². The van der Waals surface area contributed by atoms with Crippen LogP contribution < -0.4 is 5.32 Å². The van der Waals surface area contributed by atoms with E-state index in [2.05, 4.69) is 5.32 Å². The number of carbonyl (C=O) groups excluding carboxylic acids is 2. The number of allylic oxidation sites excluding steroid dienone is 1. The van der Waals surface area contributed by atoms with Gasteiger partial charge in [-0.25, -0.2) is 0 Å². The van der Waals surface area contributed by atoms with Crippen molar-refractivity contribution in [1.82, 2.24) is 0 Å². The SMILES string of the molecule is COC(=O)[C@@H]1c2ccccc2C(=O)/C(=C\Nc2ccccc2)[C@@H]1c1ccccc1. The first-order chi connectivity index (χ1) is 14.2. The molecule has 2 atom stereocenters. The molecule has 29 heavy (non-hydrogen) atoms. The predicted molar refractivity (Wildman–Crippen MR) is 113 cm³/mol. The van der Waals surface area contributed by atoms with Gasteiger partial charge in [0.25, 0.3) is 0 Å². The summed E-state index contributed by atoms with van der Waals surface area (Å²) >= 11 is 0. The summed E-state index contributed by atoms with van der Waals surface area (Å²) in [5, 5.41) is 3.22. The molecule has 0 saturated heterocycles. The van der Waals surface area contributed by atoms with Crippen molar-refractivity contribution < 1.29 is 14.3 Å². The zero-order valence-corrected chi connectivity index (χ0v) is 16.0. The highest BCUT2D eigenvalue weighted by molar-refractivity contribution is 6.14. The van der Waals surface area contributed by atoms with E-state index in [0.29, 0.717) is 16.7 Å². The molecule has 4 heteroatoms. The number of esters is 1. The van der Waals surface area contributed by atoms with E-state index in [1.807, 2.05) is 78.9 Å². The lowest BCUT2D eigenvalue weighted by molar-refractivity contribution is -0.142. The van der Waals surface area contributed by atoms with Crippen LogP contribution in [-0.4, -0.2) is 18.9 Å². The average molecular weight is 383 g/mol. The Morgan fingerprint density at radius 1 is 0.897 bits per heavy atom. The Morgan fingerprint density at radius 3 is 2.21 bits per heavy atom. The standard InChI is InChI=1S/C25H21NO3/c1-29-25(28)23-19-14-8-9-15-20(19)24(27)21(16-26-18-12-6-3-7-13-18)22(23)17-10-4-2-5-11-17/h2-16,22-23,26H,1H3/b21-16-/t22-,23+/m0/s1. The van der Waals surface area contributed by atoms with Crippen LogP contribution in [0.5, 0.6) is 0 Å². The van der Waals surface area contributed by atoms with E-state index in [9.17, 15) is 9.59 Å². The fraction of sp³-hybridized carbons (Fsp3) is 0.120. The Kier molecular flexibility index (Phi) is 5.25. The molecule has 3 aromatic carbocycles. The molecule has 0 spiro atoms. The molecule has 0 unspecified atom stereocenters. The maximum Gasteiger partial charge on any atom is 0.314 e. The first-order valence-electron chi connectivity index (χ1n) is 9.48. The van der Waals surface area contributed by atoms with Crippen molar-refractivity contribution in [3.63, 3.8) is 0 Å². The van der Waals surface area contributed by atoms with Gasteiger partial charge in [-0.15, -0.1) is 0 Å². The van der Waals surface area contributed by atoms with E-state index >= 15 is 0 Å². The van der Waals surface area contributed by atoms with Gasteiger partial charge in [0.05, 0.1) is 13.0 Å². The summed E-state index contributed by atoms with van der Waals surface area (Å²) in [6.07, 6.45) is 1.72. The maximum absolute atomic E-state index is 13.4. The molecular weight excluding hydrogens is 362 g/mol. The number of ether oxygens (including phenoxy) is 1. The molecule has 0 saturated carbocycles. The lowest BCUT2D eigenvalue weighted by Gasteiger charge is -2.33. The van der Waals surface area contributed by atoms with Crippen molar-refractivity contribution in [3.8, 4) is 0 Å². The molecule has 4 nitrogen and oxygen atoms in total. The van der Waals surface area contributed by atoms with Gasteiger partial charge >= 0.3 is 5.97 Å². The molecule has 0 aliphatic heterocycles. The van der Waals surface area contributed by atoms with E-state index in [4.69, 9.17) is 4.74 Å². The number of benzene rings is 3. The van der Waals surface area contributed by atoms with Crippen molar-refractivity contribution in [2.75, 3.05) is 12.4 Å². The molecule has 1 N–H and O–H groups in total. The highest BCUT2D eigenvalue weighted by atomic mass is 16.5. The van der Waals surface area contributed by atoms with Crippen LogP contribution >= 0.6 is 0 Å². The highest BCUT2D eigenvalue weighted by Crippen LogP contribution is 2.46. The van der Waals surface area contributed by atoms with Crippen LogP contribution in [0.25, 0.3) is 0 Å². The fourth-order valence-corrected chi connectivity index (χ4v) is 3.90. The minimum absolute atomic E-state index is 0.0852. The first kappa shape index (κ1) is 18.7. The first-order valence-corrected chi connectivity index (χ1v) is 9.48. The molecule has 4 rings (SSSR count). The number of para-hydroxylation sites is 1. The van der Waals surface area contributed by atoms with Gasteiger partial charge in [-0.1, -0.05) is 72.8 Å². The molecule has 0 radical (unpaired) electrons. The van der Waals surface area contributed by atoms with Gasteiger partial charge < -0.3 is 10.1 Å². The topological polar surface area (TPSA) is 55.4 Å². The Hall–Kier alpha value is -3.66. The molecule has 0 heterocycles. The van der Waals surface area contributed by atoms with Gasteiger partial charge in [0.2, 0.25) is 0 Å². The van der Waals surface area contributed by atoms with E-state index in [1.165, 1.54) is 7.11 Å². The molecule has 1 aliphatic rings. The quantitative estimate of drug-likeness (QED) is 0.513. The molecule has 1 aliphatic carbocycles. The van der Waals surface area contributed by atoms with E-state index in [-0.39, 0.29) is 11.8 Å². The third-order valence-corrected chi connectivity index (χ3v) is 5.25. The van der Waals surface area contributed by atoms with Gasteiger partial charge in [0, 0.05) is 28.9 Å². The summed E-state index contributed by atoms with van der Waals surface area (Å²) < 4.78 is 5.15. The minimum atomic E-state index is -0.597. The van der Waals surface area contributed by atoms with E-state index in [1.54, 1.807) is 12.3 Å². The number of fused-ring (bicyclic) bond motifs is 1. The molecule has 0 aromatic heterocycles. The van der Waals surface area contributed by atoms with Crippen molar-refractivity contribution in [2.24, 2.45) is 0 Å². The van der Waals surface area contributed by atoms with Crippen LogP contribution in [0.1, 0.15) is 33.3 Å². The second kappa shape index (κ2) is 8.15. The molecular formula is C25H21NO3. The highest BCUT2D eigenvalue weighted by Gasteiger charge is 2.43. The second-order valence-electron chi connectivity index (χ2n) is 6.92. The van der Waals surface area contributed by atoms with Crippen LogP contribution in [0.3, 0.4) is 0 Å². The normalized spacial score (nSPS) is 19.5. The Bertz CT molecular complexity index is 1060. The summed E-state index contributed by atoms with van der Waals surface area (Å²) in [7, 11) is 1.38. The van der Waals surface area contributed by atoms with E-state index < -0.39 is 11.8 Å². The number of hydrogen-bond acceptors (Lipinski definition) is 4. The second-order valence-corrected chi connectivity index (χ2v) is 6.92. The van der Waals surface area contributed by atoms with Crippen LogP contribution in [0, 0.1) is 0 Å². The van der Waals surface area contributed by atoms with Crippen LogP contribution in [0.2, 0.25) is 0 Å². The van der Waals surface area contributed by atoms with Gasteiger partial charge in [-0.3, -0.25) is 9.59 Å². The Balaban J connectivity index is 1.89. The van der Waals surface area contributed by atoms with Crippen molar-refractivity contribution >= 4 is 17.4 Å². The van der Waals surface area contributed by atoms with Gasteiger partial charge in [0.1, 0.15) is 0 Å². The number of ketones is 1. The van der Waals surface area contributed by atoms with Crippen molar-refractivity contribution in [2.45, 2.75) is 11.8 Å². The zero-order chi connectivity index (χ0) is 20.2. The van der Waals surface area contributed by atoms with Crippen LogP contribution in [0.4, 0.5) is 5.69 Å². The number of hydrogen-bond donors (Lipinski definition) is 1. The number of Topliss-reactive ketones (excluding diaryl/α,β-unsaturated/α-hetero) is 1. The zero-order valence-electron chi connectivity index (χ0n) is 16.0. The monoisotopic (exact) mass is 383 g/mol. The summed E-state index contributed by atoms with van der Waals surface area (Å²) in [5.41, 5.74) is 3.54. The summed E-state index contributed by atoms with van der Waals surface area (Å²) in [5.74, 6) is -1.48. The van der Waals surface area contributed by atoms with Gasteiger partial charge in [-0.2, -0.15) is 0 Å². The summed E-state index contributed by atoms with van der Waals surface area (Å²) in [6.45, 7) is 0. The summed E-state index contributed by atoms with van der Waals surface area (Å²) in [6, 6.07) is 26.5. The lowest BCUT2D eigenvalue weighted by atomic mass is 9.69. The van der Waals surface area contributed by atoms with Crippen molar-refractivity contribution in [3.05, 3.63) is 113 Å². The van der Waals surface area contributed by atoms with Crippen LogP contribution in [0.15, 0.2) is 96.7 Å². The number of methoxy groups -OCH3 is 1. The number of carbonyl (C=O) groups is 2.